The molecule has 141 heavy (non-hydrogen) atoms. The molecule has 8 fully saturated rings. The van der Waals surface area contributed by atoms with E-state index >= 15 is 0 Å². The van der Waals surface area contributed by atoms with E-state index < -0.39 is 5.60 Å². The lowest BCUT2D eigenvalue weighted by molar-refractivity contribution is -0.118. The van der Waals surface area contributed by atoms with Crippen molar-refractivity contribution in [3.05, 3.63) is 299 Å². The fraction of sp³-hybridized carbons (Fsp3) is 0.312. The van der Waals surface area contributed by atoms with Crippen LogP contribution in [0.4, 0.5) is 23.8 Å². The van der Waals surface area contributed by atoms with Gasteiger partial charge in [0.15, 0.2) is 28.4 Å². The molecule has 0 bridgehead atoms. The number of Topliss-reactive ketones (excluding diaryl/α,β-unsaturated/α-hetero) is 1. The average Bonchev–Trinajstić information content (AvgIpc) is 1.67. The second-order valence-corrected chi connectivity index (χ2v) is 38.3. The van der Waals surface area contributed by atoms with Crippen molar-refractivity contribution in [2.75, 3.05) is 86.7 Å². The molecule has 15 aromatic rings. The molecule has 1 atom stereocenters. The topological polar surface area (TPSA) is 359 Å². The van der Waals surface area contributed by atoms with Crippen molar-refractivity contribution in [3.8, 4) is 45.0 Å². The number of nitrogens with one attached hydrogen (secondary N) is 4. The number of rotatable bonds is 21. The van der Waals surface area contributed by atoms with Crippen LogP contribution < -0.4 is 21.3 Å². The minimum atomic E-state index is -0.960. The van der Waals surface area contributed by atoms with Gasteiger partial charge in [0.1, 0.15) is 0 Å². The molecule has 0 radical (unpaired) electrons. The molecule has 5 N–H and O–H groups in total. The number of likely N-dealkylation sites (tertiary alicyclic amines) is 3. The Balaban J connectivity index is 0.000000116. The van der Waals surface area contributed by atoms with E-state index in [0.29, 0.717) is 131 Å². The Bertz CT molecular complexity index is 7150. The van der Waals surface area contributed by atoms with E-state index in [1.54, 1.807) is 35.1 Å². The standard InChI is InChI=1S/C29H30N6O2.C29H27N5O3.C28H26ClN5O3.C23H25N5O2/c36-27(23-12-13-23)31-29-30-26-9-4-8-25(35(26)32-29)22-10-14-24(15-11-22)28(37)34-17-5-16-33(18-19-34)20-21-6-2-1-3-7-21;35-26(20-5-2-1-3-6-20)21-15-17-33(18-16-21)28(37)23-13-9-19(10-14-23)24-7-4-8-25-30-29(32-34(24)25)31-27(36)22-11-12-22;29-22-12-10-21(11-13-22)28(37)14-16-33(17-15-28)26(36)20-8-4-18(5-9-20)23-2-1-3-24-30-27(32-34(23)24)31-25(35)19-6-7-19;1-15-4-3-13-27(14-15)22(30)18-11-7-16(8-12-18)19-5-2-6-20-24-23(26-28(19)20)25-21(29)17-9-10-17/h1-4,6-11,14-15,23H,5,12-13,16-20H2,(H,31,32,36);1-10,13-14,21-22H,11-12,15-18H2,(H,31,32,36);1-5,8-13,19,37H,6-7,14-17H2,(H,31,32,35);2,5-8,11-12,15,17H,3-4,9-10,13-14H2,1H3,(H,25,26,29). The summed E-state index contributed by atoms with van der Waals surface area (Å²) in [5, 5.41) is 40.9. The van der Waals surface area contributed by atoms with E-state index in [2.05, 4.69) is 97.7 Å². The van der Waals surface area contributed by atoms with Crippen LogP contribution in [0.3, 0.4) is 0 Å². The lowest BCUT2D eigenvalue weighted by Gasteiger charge is -2.38. The summed E-state index contributed by atoms with van der Waals surface area (Å²) >= 11 is 5.98. The van der Waals surface area contributed by atoms with E-state index in [-0.39, 0.29) is 82.6 Å². The van der Waals surface area contributed by atoms with Gasteiger partial charge in [-0.25, -0.2) is 18.1 Å². The fourth-order valence-corrected chi connectivity index (χ4v) is 18.8. The molecular formula is C109H108ClN21O10. The maximum absolute atomic E-state index is 13.3. The van der Waals surface area contributed by atoms with Crippen LogP contribution in [0.5, 0.6) is 0 Å². The third-order valence-electron chi connectivity index (χ3n) is 27.4. The van der Waals surface area contributed by atoms with Crippen molar-refractivity contribution in [1.82, 2.24) is 82.9 Å². The first-order valence-corrected chi connectivity index (χ1v) is 49.2. The summed E-state index contributed by atoms with van der Waals surface area (Å²) in [6.45, 7) is 10.2. The van der Waals surface area contributed by atoms with E-state index in [4.69, 9.17) is 11.6 Å². The largest absolute Gasteiger partial charge is 0.385 e. The van der Waals surface area contributed by atoms with Gasteiger partial charge in [-0.05, 0) is 223 Å². The molecule has 4 aliphatic heterocycles. The van der Waals surface area contributed by atoms with Crippen LogP contribution in [0.25, 0.3) is 67.6 Å². The number of piperidine rings is 3. The summed E-state index contributed by atoms with van der Waals surface area (Å²) in [6.07, 6.45) is 12.9. The first-order chi connectivity index (χ1) is 68.7. The van der Waals surface area contributed by atoms with Crippen molar-refractivity contribution in [2.24, 2.45) is 35.5 Å². The molecule has 1 unspecified atom stereocenters. The molecule has 4 aliphatic carbocycles. The maximum atomic E-state index is 13.3. The number of pyridine rings is 4. The zero-order chi connectivity index (χ0) is 96.8. The van der Waals surface area contributed by atoms with Gasteiger partial charge in [-0.15, -0.1) is 20.4 Å². The Morgan fingerprint density at radius 1 is 0.326 bits per heavy atom. The molecule has 32 heteroatoms. The van der Waals surface area contributed by atoms with Crippen molar-refractivity contribution in [2.45, 2.75) is 115 Å². The third kappa shape index (κ3) is 22.0. The molecule has 4 saturated carbocycles. The highest BCUT2D eigenvalue weighted by Gasteiger charge is 2.39. The molecule has 0 spiro atoms. The predicted octanol–water partition coefficient (Wildman–Crippen LogP) is 16.7. The maximum Gasteiger partial charge on any atom is 0.253 e. The first kappa shape index (κ1) is 93.3. The highest BCUT2D eigenvalue weighted by molar-refractivity contribution is 6.30. The SMILES string of the molecule is CC1CCCN(C(=O)c2ccc(-c3cccc4nc(NC(=O)C5CC5)nn34)cc2)C1.O=C(Nc1nc2cccc(-c3ccc(C(=O)N4CCC(C(=O)c5ccccc5)CC4)cc3)n2n1)C1CC1.O=C(Nc1nc2cccc(-c3ccc(C(=O)N4CCC(O)(c5ccc(Cl)cc5)CC4)cc3)n2n1)C1CC1.O=C(Nc1nc2cccc(-c3ccc(C(=O)N4CCCN(Cc5ccccc5)CC4)cc3)n2n1)C1CC1. The van der Waals surface area contributed by atoms with Crippen LogP contribution in [0.15, 0.2) is 255 Å². The van der Waals surface area contributed by atoms with E-state index in [1.807, 2.05) is 233 Å². The zero-order valence-corrected chi connectivity index (χ0v) is 79.0. The number of hydrogen-bond acceptors (Lipinski definition) is 19. The van der Waals surface area contributed by atoms with Crippen LogP contribution in [0, 0.1) is 35.5 Å². The summed E-state index contributed by atoms with van der Waals surface area (Å²) in [6, 6.07) is 80.0. The number of hydrogen-bond donors (Lipinski definition) is 5. The van der Waals surface area contributed by atoms with Gasteiger partial charge in [-0.1, -0.05) is 164 Å². The molecule has 8 amide bonds. The van der Waals surface area contributed by atoms with Crippen molar-refractivity contribution in [3.63, 3.8) is 0 Å². The average molecular weight is 1910 g/mol. The minimum Gasteiger partial charge on any atom is -0.385 e. The number of benzene rings is 7. The minimum absolute atomic E-state index is 0.0117. The molecule has 8 aliphatic rings. The van der Waals surface area contributed by atoms with Gasteiger partial charge in [-0.3, -0.25) is 69.3 Å². The Morgan fingerprint density at radius 3 is 1.03 bits per heavy atom. The molecular weight excluding hydrogens is 1800 g/mol. The van der Waals surface area contributed by atoms with E-state index in [0.717, 1.165) is 166 Å². The molecule has 8 aromatic heterocycles. The lowest BCUT2D eigenvalue weighted by atomic mass is 9.84. The predicted molar refractivity (Wildman–Crippen MR) is 536 cm³/mol. The van der Waals surface area contributed by atoms with Crippen molar-refractivity contribution >= 4 is 111 Å². The Morgan fingerprint density at radius 2 is 0.667 bits per heavy atom. The number of amides is 8. The first-order valence-electron chi connectivity index (χ1n) is 48.8. The summed E-state index contributed by atoms with van der Waals surface area (Å²) < 4.78 is 6.86. The number of nitrogens with zero attached hydrogens (tertiary/aromatic N) is 17. The van der Waals surface area contributed by atoms with Gasteiger partial charge < -0.3 is 24.7 Å². The third-order valence-corrected chi connectivity index (χ3v) is 27.7. The van der Waals surface area contributed by atoms with Crippen LogP contribution in [-0.2, 0) is 31.3 Å². The van der Waals surface area contributed by atoms with Crippen LogP contribution in [0.1, 0.15) is 166 Å². The van der Waals surface area contributed by atoms with E-state index in [1.165, 1.54) is 12.0 Å². The Labute approximate surface area is 818 Å². The Kier molecular flexibility index (Phi) is 27.4. The lowest BCUT2D eigenvalue weighted by Crippen LogP contribution is -2.45. The quantitative estimate of drug-likeness (QED) is 0.0417. The molecule has 12 heterocycles. The molecule has 7 aromatic carbocycles. The second kappa shape index (κ2) is 41.4. The van der Waals surface area contributed by atoms with Crippen LogP contribution in [0.2, 0.25) is 5.02 Å². The van der Waals surface area contributed by atoms with Crippen molar-refractivity contribution in [1.29, 1.82) is 0 Å². The highest BCUT2D eigenvalue weighted by atomic mass is 35.5. The van der Waals surface area contributed by atoms with Gasteiger partial charge >= 0.3 is 0 Å². The smallest absolute Gasteiger partial charge is 0.253 e. The summed E-state index contributed by atoms with van der Waals surface area (Å²) in [5.41, 5.74) is 14.1. The van der Waals surface area contributed by atoms with Crippen molar-refractivity contribution < 1.29 is 48.3 Å². The zero-order valence-electron chi connectivity index (χ0n) is 78.2. The number of fused-ring (bicyclic) bond motifs is 4. The number of ketones is 1. The summed E-state index contributed by atoms with van der Waals surface area (Å²) in [4.78, 5) is 141. The van der Waals surface area contributed by atoms with E-state index in [9.17, 15) is 48.3 Å². The Hall–Kier alpha value is -15.3. The van der Waals surface area contributed by atoms with Gasteiger partial charge in [0.05, 0.1) is 28.4 Å². The second-order valence-electron chi connectivity index (χ2n) is 37.9. The van der Waals surface area contributed by atoms with Gasteiger partial charge in [-0.2, -0.15) is 19.9 Å². The number of aliphatic hydroxyl groups is 1. The highest BCUT2D eigenvalue weighted by Crippen LogP contribution is 2.38. The molecule has 4 saturated heterocycles. The molecule has 716 valence electrons. The molecule has 23 rings (SSSR count). The fourth-order valence-electron chi connectivity index (χ4n) is 18.7. The number of carbonyl (C=O) groups excluding carboxylic acids is 9. The number of halogens is 1. The summed E-state index contributed by atoms with van der Waals surface area (Å²) in [5.74, 6) is 2.22. The number of aromatic nitrogens is 12. The van der Waals surface area contributed by atoms with Crippen LogP contribution in [-0.4, -0.2) is 206 Å². The number of anilines is 4. The molecule has 31 nitrogen and oxygen atoms in total. The van der Waals surface area contributed by atoms with Gasteiger partial charge in [0.2, 0.25) is 47.4 Å². The number of carbonyl (C=O) groups is 9. The summed E-state index contributed by atoms with van der Waals surface area (Å²) in [7, 11) is 0. The van der Waals surface area contributed by atoms with Crippen LogP contribution >= 0.6 is 11.6 Å². The normalized spacial score (nSPS) is 17.1. The van der Waals surface area contributed by atoms with Gasteiger partial charge in [0, 0.05) is 157 Å². The van der Waals surface area contributed by atoms with Gasteiger partial charge in [0.25, 0.3) is 23.6 Å². The monoisotopic (exact) mass is 1910 g/mol.